The molecule has 6 heteroatoms. The lowest BCUT2D eigenvalue weighted by atomic mass is 9.87. The number of hydrogen-bond donors (Lipinski definition) is 0. The molecule has 0 bridgehead atoms. The predicted molar refractivity (Wildman–Crippen MR) is 119 cm³/mol. The summed E-state index contributed by atoms with van der Waals surface area (Å²) in [5, 5.41) is 0. The Bertz CT molecular complexity index is 953. The third-order valence-electron chi connectivity index (χ3n) is 5.44. The predicted octanol–water partition coefficient (Wildman–Crippen LogP) is 4.19. The Labute approximate surface area is 183 Å². The second-order valence-electron chi connectivity index (χ2n) is 7.40. The number of benzene rings is 2. The average Bonchev–Trinajstić information content (AvgIpc) is 2.81. The van der Waals surface area contributed by atoms with Crippen LogP contribution < -0.4 is 9.47 Å². The van der Waals surface area contributed by atoms with Gasteiger partial charge in [0.15, 0.2) is 18.1 Å². The number of fused-ring (bicyclic) bond motifs is 1. The number of hydrogen-bond acceptors (Lipinski definition) is 5. The first-order valence-electron chi connectivity index (χ1n) is 10.5. The number of esters is 1. The van der Waals surface area contributed by atoms with Gasteiger partial charge in [-0.25, -0.2) is 4.79 Å². The molecule has 0 unspecified atom stereocenters. The van der Waals surface area contributed by atoms with Gasteiger partial charge in [-0.3, -0.25) is 4.79 Å². The van der Waals surface area contributed by atoms with Crippen LogP contribution in [0.5, 0.6) is 11.5 Å². The Morgan fingerprint density at radius 2 is 1.97 bits per heavy atom. The molecule has 1 amide bonds. The van der Waals surface area contributed by atoms with E-state index in [9.17, 15) is 9.59 Å². The molecule has 0 radical (unpaired) electrons. The first kappa shape index (κ1) is 22.4. The van der Waals surface area contributed by atoms with E-state index in [4.69, 9.17) is 14.2 Å². The van der Waals surface area contributed by atoms with Gasteiger partial charge in [-0.15, -0.1) is 0 Å². The highest BCUT2D eigenvalue weighted by atomic mass is 16.5. The SMILES string of the molecule is CCOc1ccc(/C=C/C(=O)OCC(=O)N(C)[C@@H]2CCCc3ccccc32)cc1OC. The maximum atomic E-state index is 12.6. The van der Waals surface area contributed by atoms with Crippen molar-refractivity contribution in [2.75, 3.05) is 27.4 Å². The van der Waals surface area contributed by atoms with Crippen molar-refractivity contribution in [3.63, 3.8) is 0 Å². The third kappa shape index (κ3) is 5.66. The zero-order valence-corrected chi connectivity index (χ0v) is 18.3. The highest BCUT2D eigenvalue weighted by Gasteiger charge is 2.26. The molecule has 164 valence electrons. The summed E-state index contributed by atoms with van der Waals surface area (Å²) in [5.74, 6) is 0.439. The fourth-order valence-electron chi connectivity index (χ4n) is 3.81. The smallest absolute Gasteiger partial charge is 0.331 e. The molecule has 3 rings (SSSR count). The van der Waals surface area contributed by atoms with Gasteiger partial charge in [-0.05, 0) is 61.1 Å². The van der Waals surface area contributed by atoms with Crippen LogP contribution in [0.15, 0.2) is 48.5 Å². The lowest BCUT2D eigenvalue weighted by molar-refractivity contribution is -0.148. The van der Waals surface area contributed by atoms with Crippen LogP contribution in [0.25, 0.3) is 6.08 Å². The van der Waals surface area contributed by atoms with E-state index >= 15 is 0 Å². The molecule has 2 aromatic rings. The van der Waals surface area contributed by atoms with Crippen molar-refractivity contribution in [1.29, 1.82) is 0 Å². The number of aryl methyl sites for hydroxylation is 1. The van der Waals surface area contributed by atoms with Gasteiger partial charge in [-0.2, -0.15) is 0 Å². The van der Waals surface area contributed by atoms with Crippen molar-refractivity contribution in [3.05, 3.63) is 65.2 Å². The van der Waals surface area contributed by atoms with E-state index in [0.717, 1.165) is 24.8 Å². The molecule has 1 atom stereocenters. The van der Waals surface area contributed by atoms with Gasteiger partial charge in [0.1, 0.15) is 0 Å². The van der Waals surface area contributed by atoms with Gasteiger partial charge in [-0.1, -0.05) is 30.3 Å². The van der Waals surface area contributed by atoms with Gasteiger partial charge in [0.05, 0.1) is 19.8 Å². The Kier molecular flexibility index (Phi) is 7.70. The lowest BCUT2D eigenvalue weighted by Crippen LogP contribution is -2.36. The number of likely N-dealkylation sites (N-methyl/N-ethyl adjacent to an activating group) is 1. The summed E-state index contributed by atoms with van der Waals surface area (Å²) in [7, 11) is 3.33. The Balaban J connectivity index is 1.55. The van der Waals surface area contributed by atoms with E-state index in [0.29, 0.717) is 18.1 Å². The first-order chi connectivity index (χ1) is 15.0. The van der Waals surface area contributed by atoms with Crippen molar-refractivity contribution in [1.82, 2.24) is 4.90 Å². The monoisotopic (exact) mass is 423 g/mol. The van der Waals surface area contributed by atoms with Gasteiger partial charge < -0.3 is 19.1 Å². The highest BCUT2D eigenvalue weighted by Crippen LogP contribution is 2.33. The van der Waals surface area contributed by atoms with Gasteiger partial charge >= 0.3 is 5.97 Å². The summed E-state index contributed by atoms with van der Waals surface area (Å²) in [6.45, 7) is 2.15. The Hall–Kier alpha value is -3.28. The molecule has 1 aliphatic rings. The van der Waals surface area contributed by atoms with Crippen LogP contribution >= 0.6 is 0 Å². The number of carbonyl (C=O) groups excluding carboxylic acids is 2. The molecule has 0 saturated heterocycles. The van der Waals surface area contributed by atoms with Gasteiger partial charge in [0.25, 0.3) is 5.91 Å². The van der Waals surface area contributed by atoms with Crippen LogP contribution in [0.2, 0.25) is 0 Å². The number of carbonyl (C=O) groups is 2. The number of amides is 1. The average molecular weight is 424 g/mol. The van der Waals surface area contributed by atoms with E-state index in [-0.39, 0.29) is 18.6 Å². The second-order valence-corrected chi connectivity index (χ2v) is 7.40. The topological polar surface area (TPSA) is 65.1 Å². The minimum absolute atomic E-state index is 0.0167. The summed E-state index contributed by atoms with van der Waals surface area (Å²) >= 11 is 0. The van der Waals surface area contributed by atoms with E-state index in [1.807, 2.05) is 25.1 Å². The first-order valence-corrected chi connectivity index (χ1v) is 10.5. The Morgan fingerprint density at radius 3 is 2.74 bits per heavy atom. The summed E-state index contributed by atoms with van der Waals surface area (Å²) in [6, 6.07) is 13.6. The third-order valence-corrected chi connectivity index (χ3v) is 5.44. The largest absolute Gasteiger partial charge is 0.493 e. The molecule has 6 nitrogen and oxygen atoms in total. The molecule has 0 N–H and O–H groups in total. The molecule has 2 aromatic carbocycles. The van der Waals surface area contributed by atoms with Crippen LogP contribution in [0.3, 0.4) is 0 Å². The van der Waals surface area contributed by atoms with E-state index in [1.54, 1.807) is 37.3 Å². The van der Waals surface area contributed by atoms with Crippen LogP contribution in [-0.2, 0) is 20.7 Å². The lowest BCUT2D eigenvalue weighted by Gasteiger charge is -2.33. The van der Waals surface area contributed by atoms with E-state index < -0.39 is 5.97 Å². The maximum absolute atomic E-state index is 12.6. The van der Waals surface area contributed by atoms with Crippen molar-refractivity contribution in [2.45, 2.75) is 32.2 Å². The zero-order chi connectivity index (χ0) is 22.2. The van der Waals surface area contributed by atoms with Crippen molar-refractivity contribution >= 4 is 18.0 Å². The second kappa shape index (κ2) is 10.7. The standard InChI is InChI=1S/C25H29NO5/c1-4-30-22-14-12-18(16-23(22)29-3)13-15-25(28)31-17-24(27)26(2)21-11-7-9-19-8-5-6-10-20(19)21/h5-6,8,10,12-16,21H,4,7,9,11,17H2,1-3H3/b15-13+/t21-/m1/s1. The minimum atomic E-state index is -0.571. The molecule has 0 saturated carbocycles. The molecule has 1 aliphatic carbocycles. The number of nitrogens with zero attached hydrogens (tertiary/aromatic N) is 1. The molecule has 0 aliphatic heterocycles. The fourth-order valence-corrected chi connectivity index (χ4v) is 3.81. The number of rotatable bonds is 8. The van der Waals surface area contributed by atoms with Crippen LogP contribution in [-0.4, -0.2) is 44.1 Å². The quantitative estimate of drug-likeness (QED) is 0.471. The normalized spacial score (nSPS) is 15.3. The zero-order valence-electron chi connectivity index (χ0n) is 18.3. The van der Waals surface area contributed by atoms with Crippen molar-refractivity contribution in [3.8, 4) is 11.5 Å². The summed E-state index contributed by atoms with van der Waals surface area (Å²) in [4.78, 5) is 26.4. The number of methoxy groups -OCH3 is 1. The van der Waals surface area contributed by atoms with Gasteiger partial charge in [0, 0.05) is 13.1 Å². The van der Waals surface area contributed by atoms with E-state index in [2.05, 4.69) is 12.1 Å². The van der Waals surface area contributed by atoms with Crippen LogP contribution in [0, 0.1) is 0 Å². The summed E-state index contributed by atoms with van der Waals surface area (Å²) in [6.07, 6.45) is 5.90. The summed E-state index contributed by atoms with van der Waals surface area (Å²) < 4.78 is 16.0. The highest BCUT2D eigenvalue weighted by molar-refractivity contribution is 5.89. The van der Waals surface area contributed by atoms with Crippen molar-refractivity contribution in [2.24, 2.45) is 0 Å². The molecule has 0 heterocycles. The fraction of sp³-hybridized carbons (Fsp3) is 0.360. The molecule has 31 heavy (non-hydrogen) atoms. The molecule has 0 fully saturated rings. The van der Waals surface area contributed by atoms with Crippen molar-refractivity contribution < 1.29 is 23.8 Å². The maximum Gasteiger partial charge on any atom is 0.331 e. The molecule has 0 aromatic heterocycles. The van der Waals surface area contributed by atoms with Gasteiger partial charge in [0.2, 0.25) is 0 Å². The Morgan fingerprint density at radius 1 is 1.16 bits per heavy atom. The molecular formula is C25H29NO5. The molecule has 0 spiro atoms. The van der Waals surface area contributed by atoms with Crippen LogP contribution in [0.4, 0.5) is 0 Å². The van der Waals surface area contributed by atoms with E-state index in [1.165, 1.54) is 17.2 Å². The summed E-state index contributed by atoms with van der Waals surface area (Å²) in [5.41, 5.74) is 3.23. The van der Waals surface area contributed by atoms with Crippen LogP contribution in [0.1, 0.15) is 42.5 Å². The minimum Gasteiger partial charge on any atom is -0.493 e. The molecular weight excluding hydrogens is 394 g/mol. The number of ether oxygens (including phenoxy) is 3.